The Morgan fingerprint density at radius 2 is 1.81 bits per heavy atom. The molecule has 0 spiro atoms. The van der Waals surface area contributed by atoms with Gasteiger partial charge in [0.15, 0.2) is 0 Å². The van der Waals surface area contributed by atoms with Gasteiger partial charge in [-0.25, -0.2) is 0 Å². The van der Waals surface area contributed by atoms with Gasteiger partial charge >= 0.3 is 6.18 Å². The SMILES string of the molecule is CC(=O)N(CC(=O)NC1CCCCCC1)c1cc(C(F)(F)F)ccc1Cl. The average Bonchev–Trinajstić information content (AvgIpc) is 2.80. The number of anilines is 1. The Morgan fingerprint density at radius 1 is 1.19 bits per heavy atom. The van der Waals surface area contributed by atoms with Gasteiger partial charge in [-0.1, -0.05) is 37.3 Å². The molecular formula is C18H22ClF3N2O2. The van der Waals surface area contributed by atoms with Crippen molar-refractivity contribution in [3.05, 3.63) is 28.8 Å². The molecule has 0 aliphatic heterocycles. The molecule has 1 aliphatic carbocycles. The van der Waals surface area contributed by atoms with Gasteiger partial charge in [0.1, 0.15) is 6.54 Å². The number of alkyl halides is 3. The van der Waals surface area contributed by atoms with Crippen LogP contribution in [-0.2, 0) is 15.8 Å². The van der Waals surface area contributed by atoms with Crippen LogP contribution >= 0.6 is 11.6 Å². The lowest BCUT2D eigenvalue weighted by Crippen LogP contribution is -2.43. The zero-order chi connectivity index (χ0) is 19.3. The summed E-state index contributed by atoms with van der Waals surface area (Å²) in [5, 5.41) is 2.86. The third-order valence-electron chi connectivity index (χ3n) is 4.47. The van der Waals surface area contributed by atoms with Crippen molar-refractivity contribution in [3.8, 4) is 0 Å². The van der Waals surface area contributed by atoms with Gasteiger partial charge in [-0.3, -0.25) is 9.59 Å². The average molecular weight is 391 g/mol. The Hall–Kier alpha value is -1.76. The standard InChI is InChI=1S/C18H22ClF3N2O2/c1-12(25)24(11-17(26)23-14-6-4-2-3-5-7-14)16-10-13(18(20,21)22)8-9-15(16)19/h8-10,14H,2-7,11H2,1H3,(H,23,26). The monoisotopic (exact) mass is 390 g/mol. The molecule has 4 nitrogen and oxygen atoms in total. The van der Waals surface area contributed by atoms with Crippen molar-refractivity contribution in [3.63, 3.8) is 0 Å². The van der Waals surface area contributed by atoms with Gasteiger partial charge in [0.05, 0.1) is 16.3 Å². The Balaban J connectivity index is 2.15. The molecule has 0 heterocycles. The number of rotatable bonds is 4. The van der Waals surface area contributed by atoms with E-state index >= 15 is 0 Å². The van der Waals surface area contributed by atoms with Crippen LogP contribution in [0.1, 0.15) is 51.0 Å². The smallest absolute Gasteiger partial charge is 0.352 e. The van der Waals surface area contributed by atoms with Gasteiger partial charge in [-0.15, -0.1) is 0 Å². The normalized spacial score (nSPS) is 16.0. The molecule has 0 radical (unpaired) electrons. The summed E-state index contributed by atoms with van der Waals surface area (Å²) >= 11 is 5.99. The molecule has 0 bridgehead atoms. The highest BCUT2D eigenvalue weighted by Crippen LogP contribution is 2.35. The van der Waals surface area contributed by atoms with E-state index in [-0.39, 0.29) is 23.3 Å². The van der Waals surface area contributed by atoms with Crippen molar-refractivity contribution in [2.24, 2.45) is 0 Å². The largest absolute Gasteiger partial charge is 0.416 e. The zero-order valence-electron chi connectivity index (χ0n) is 14.5. The van der Waals surface area contributed by atoms with Crippen LogP contribution in [0.5, 0.6) is 0 Å². The van der Waals surface area contributed by atoms with Crippen LogP contribution in [0.2, 0.25) is 5.02 Å². The molecular weight excluding hydrogens is 369 g/mol. The van der Waals surface area contributed by atoms with Crippen molar-refractivity contribution in [1.29, 1.82) is 0 Å². The number of nitrogens with zero attached hydrogens (tertiary/aromatic N) is 1. The summed E-state index contributed by atoms with van der Waals surface area (Å²) in [6.07, 6.45) is 1.50. The van der Waals surface area contributed by atoms with E-state index in [9.17, 15) is 22.8 Å². The zero-order valence-corrected chi connectivity index (χ0v) is 15.3. The molecule has 1 N–H and O–H groups in total. The topological polar surface area (TPSA) is 49.4 Å². The highest BCUT2D eigenvalue weighted by Gasteiger charge is 2.32. The van der Waals surface area contributed by atoms with E-state index in [0.29, 0.717) is 0 Å². The summed E-state index contributed by atoms with van der Waals surface area (Å²) in [6, 6.07) is 2.76. The van der Waals surface area contributed by atoms with Crippen LogP contribution in [0, 0.1) is 0 Å². The Kier molecular flexibility index (Phi) is 6.92. The van der Waals surface area contributed by atoms with Gasteiger partial charge in [0.2, 0.25) is 11.8 Å². The molecule has 1 aromatic carbocycles. The van der Waals surface area contributed by atoms with Crippen molar-refractivity contribution in [2.75, 3.05) is 11.4 Å². The van der Waals surface area contributed by atoms with Crippen LogP contribution in [-0.4, -0.2) is 24.4 Å². The highest BCUT2D eigenvalue weighted by molar-refractivity contribution is 6.34. The van der Waals surface area contributed by atoms with Gasteiger partial charge in [0, 0.05) is 13.0 Å². The minimum atomic E-state index is -4.57. The van der Waals surface area contributed by atoms with E-state index < -0.39 is 23.6 Å². The quantitative estimate of drug-likeness (QED) is 0.767. The number of hydrogen-bond donors (Lipinski definition) is 1. The molecule has 0 unspecified atom stereocenters. The first kappa shape index (κ1) is 20.6. The fourth-order valence-corrected chi connectivity index (χ4v) is 3.32. The molecule has 144 valence electrons. The summed E-state index contributed by atoms with van der Waals surface area (Å²) in [5.74, 6) is -0.956. The molecule has 26 heavy (non-hydrogen) atoms. The lowest BCUT2D eigenvalue weighted by molar-refractivity contribution is -0.137. The van der Waals surface area contributed by atoms with E-state index in [4.69, 9.17) is 11.6 Å². The molecule has 0 aromatic heterocycles. The summed E-state index contributed by atoms with van der Waals surface area (Å²) in [5.41, 5.74) is -1.04. The number of benzene rings is 1. The van der Waals surface area contributed by atoms with E-state index in [1.54, 1.807) is 0 Å². The molecule has 0 saturated heterocycles. The first-order chi connectivity index (χ1) is 12.2. The highest BCUT2D eigenvalue weighted by atomic mass is 35.5. The minimum Gasteiger partial charge on any atom is -0.352 e. The molecule has 0 atom stereocenters. The van der Waals surface area contributed by atoms with Crippen LogP contribution in [0.15, 0.2) is 18.2 Å². The fraction of sp³-hybridized carbons (Fsp3) is 0.556. The van der Waals surface area contributed by atoms with Crippen molar-refractivity contribution in [1.82, 2.24) is 5.32 Å². The Labute approximate surface area is 155 Å². The predicted octanol–water partition coefficient (Wildman–Crippen LogP) is 4.55. The number of carbonyl (C=O) groups excluding carboxylic acids is 2. The number of nitrogens with one attached hydrogen (secondary N) is 1. The van der Waals surface area contributed by atoms with Gasteiger partial charge in [-0.05, 0) is 31.0 Å². The van der Waals surface area contributed by atoms with Crippen molar-refractivity contribution < 1.29 is 22.8 Å². The maximum absolute atomic E-state index is 12.9. The number of carbonyl (C=O) groups is 2. The second-order valence-electron chi connectivity index (χ2n) is 6.53. The van der Waals surface area contributed by atoms with Gasteiger partial charge < -0.3 is 10.2 Å². The number of amides is 2. The first-order valence-corrected chi connectivity index (χ1v) is 9.00. The molecule has 8 heteroatoms. The predicted molar refractivity (Wildman–Crippen MR) is 94.1 cm³/mol. The van der Waals surface area contributed by atoms with Crippen molar-refractivity contribution in [2.45, 2.75) is 57.7 Å². The van der Waals surface area contributed by atoms with Crippen LogP contribution in [0.3, 0.4) is 0 Å². The maximum atomic E-state index is 12.9. The molecule has 1 saturated carbocycles. The minimum absolute atomic E-state index is 0.0181. The first-order valence-electron chi connectivity index (χ1n) is 8.62. The maximum Gasteiger partial charge on any atom is 0.416 e. The molecule has 2 rings (SSSR count). The van der Waals surface area contributed by atoms with Crippen LogP contribution < -0.4 is 10.2 Å². The Bertz CT molecular complexity index is 656. The van der Waals surface area contributed by atoms with E-state index in [2.05, 4.69) is 5.32 Å². The lowest BCUT2D eigenvalue weighted by atomic mass is 10.1. The molecule has 1 aliphatic rings. The third-order valence-corrected chi connectivity index (χ3v) is 4.79. The van der Waals surface area contributed by atoms with Gasteiger partial charge in [0.25, 0.3) is 0 Å². The fourth-order valence-electron chi connectivity index (χ4n) is 3.10. The van der Waals surface area contributed by atoms with Crippen LogP contribution in [0.25, 0.3) is 0 Å². The van der Waals surface area contributed by atoms with E-state index in [0.717, 1.165) is 61.6 Å². The van der Waals surface area contributed by atoms with E-state index in [1.807, 2.05) is 0 Å². The molecule has 2 amide bonds. The second kappa shape index (κ2) is 8.75. The van der Waals surface area contributed by atoms with Gasteiger partial charge in [-0.2, -0.15) is 13.2 Å². The molecule has 1 aromatic rings. The van der Waals surface area contributed by atoms with E-state index in [1.165, 1.54) is 6.92 Å². The summed E-state index contributed by atoms with van der Waals surface area (Å²) < 4.78 is 38.8. The van der Waals surface area contributed by atoms with Crippen LogP contribution in [0.4, 0.5) is 18.9 Å². The summed E-state index contributed by atoms with van der Waals surface area (Å²) in [4.78, 5) is 25.3. The second-order valence-corrected chi connectivity index (χ2v) is 6.93. The molecule has 1 fully saturated rings. The third kappa shape index (κ3) is 5.62. The number of halogens is 4. The summed E-state index contributed by atoms with van der Waals surface area (Å²) in [6.45, 7) is 0.822. The Morgan fingerprint density at radius 3 is 2.35 bits per heavy atom. The number of hydrogen-bond acceptors (Lipinski definition) is 2. The van der Waals surface area contributed by atoms with Crippen molar-refractivity contribution >= 4 is 29.1 Å². The lowest BCUT2D eigenvalue weighted by Gasteiger charge is -2.24. The summed E-state index contributed by atoms with van der Waals surface area (Å²) in [7, 11) is 0.